The van der Waals surface area contributed by atoms with Crippen LogP contribution in [0.1, 0.15) is 5.69 Å². The first-order chi connectivity index (χ1) is 9.29. The van der Waals surface area contributed by atoms with E-state index in [-0.39, 0.29) is 5.69 Å². The molecule has 1 aromatic carbocycles. The van der Waals surface area contributed by atoms with Gasteiger partial charge >= 0.3 is 0 Å². The van der Waals surface area contributed by atoms with E-state index >= 15 is 0 Å². The van der Waals surface area contributed by atoms with Crippen LogP contribution in [0.4, 0.5) is 0 Å². The molecule has 0 aliphatic heterocycles. The largest absolute Gasteiger partial charge is 0.454 e. The van der Waals surface area contributed by atoms with Crippen LogP contribution < -0.4 is 0 Å². The van der Waals surface area contributed by atoms with E-state index in [0.717, 1.165) is 5.56 Å². The second-order valence-corrected chi connectivity index (χ2v) is 4.18. The van der Waals surface area contributed by atoms with Gasteiger partial charge in [-0.05, 0) is 24.3 Å². The van der Waals surface area contributed by atoms with Crippen LogP contribution in [0.5, 0.6) is 0 Å². The zero-order chi connectivity index (χ0) is 13.2. The van der Waals surface area contributed by atoms with Crippen LogP contribution >= 0.6 is 11.6 Å². The van der Waals surface area contributed by atoms with Crippen molar-refractivity contribution >= 4 is 11.6 Å². The first kappa shape index (κ1) is 11.5. The molecule has 19 heavy (non-hydrogen) atoms. The van der Waals surface area contributed by atoms with Gasteiger partial charge in [-0.15, -0.1) is 5.10 Å². The lowest BCUT2D eigenvalue weighted by Crippen LogP contribution is -1.79. The van der Waals surface area contributed by atoms with Crippen molar-refractivity contribution in [3.05, 3.63) is 47.1 Å². The summed E-state index contributed by atoms with van der Waals surface area (Å²) in [5.74, 6) is 1.09. The summed E-state index contributed by atoms with van der Waals surface area (Å²) in [6.45, 7) is 0. The molecule has 0 bridgehead atoms. The Balaban J connectivity index is 2.06. The third kappa shape index (κ3) is 1.98. The Bertz CT molecular complexity index is 752. The Morgan fingerprint density at radius 1 is 1.11 bits per heavy atom. The van der Waals surface area contributed by atoms with E-state index in [2.05, 4.69) is 15.4 Å². The second kappa shape index (κ2) is 4.59. The first-order valence-electron chi connectivity index (χ1n) is 5.45. The maximum Gasteiger partial charge on any atom is 0.193 e. The lowest BCUT2D eigenvalue weighted by molar-refractivity contribution is 0.594. The van der Waals surface area contributed by atoms with Crippen molar-refractivity contribution in [1.29, 1.82) is 5.26 Å². The fourth-order valence-corrected chi connectivity index (χ4v) is 1.98. The van der Waals surface area contributed by atoms with Crippen molar-refractivity contribution < 1.29 is 4.42 Å². The van der Waals surface area contributed by atoms with E-state index in [1.807, 2.05) is 24.3 Å². The zero-order valence-corrected chi connectivity index (χ0v) is 10.3. The average molecular weight is 271 g/mol. The lowest BCUT2D eigenvalue weighted by atomic mass is 10.2. The molecule has 5 nitrogen and oxygen atoms in total. The quantitative estimate of drug-likeness (QED) is 0.775. The van der Waals surface area contributed by atoms with Crippen LogP contribution in [0.3, 0.4) is 0 Å². The molecular weight excluding hydrogens is 264 g/mol. The van der Waals surface area contributed by atoms with Gasteiger partial charge in [0.2, 0.25) is 0 Å². The highest BCUT2D eigenvalue weighted by Crippen LogP contribution is 2.32. The summed E-state index contributed by atoms with van der Waals surface area (Å²) in [6, 6.07) is 12.8. The molecule has 1 N–H and O–H groups in total. The predicted octanol–water partition coefficient (Wildman–Crippen LogP) is 3.26. The monoisotopic (exact) mass is 270 g/mol. The summed E-state index contributed by atoms with van der Waals surface area (Å²) >= 11 is 6.10. The molecule has 0 aliphatic rings. The molecular formula is C13H7ClN4O. The predicted molar refractivity (Wildman–Crippen MR) is 69.2 cm³/mol. The van der Waals surface area contributed by atoms with Crippen molar-refractivity contribution in [1.82, 2.24) is 15.4 Å². The van der Waals surface area contributed by atoms with Gasteiger partial charge in [-0.1, -0.05) is 23.7 Å². The molecule has 6 heteroatoms. The number of rotatable bonds is 2. The van der Waals surface area contributed by atoms with Crippen LogP contribution in [0.15, 0.2) is 40.8 Å². The van der Waals surface area contributed by atoms with Crippen LogP contribution in [0.25, 0.3) is 22.8 Å². The molecule has 0 fully saturated rings. The summed E-state index contributed by atoms with van der Waals surface area (Å²) in [5.41, 5.74) is 1.37. The van der Waals surface area contributed by atoms with Crippen LogP contribution in [-0.2, 0) is 0 Å². The highest BCUT2D eigenvalue weighted by atomic mass is 35.5. The van der Waals surface area contributed by atoms with Gasteiger partial charge in [0.25, 0.3) is 0 Å². The van der Waals surface area contributed by atoms with Gasteiger partial charge in [0.1, 0.15) is 11.8 Å². The molecule has 92 valence electrons. The molecule has 2 aromatic heterocycles. The normalized spacial score (nSPS) is 10.3. The summed E-state index contributed by atoms with van der Waals surface area (Å²) in [7, 11) is 0. The molecule has 0 aliphatic carbocycles. The number of nitrogens with one attached hydrogen (secondary N) is 1. The SMILES string of the molecule is N#Cc1n[nH]nc1-c1ccc(-c2ccccc2Cl)o1. The Hall–Kier alpha value is -2.58. The molecule has 0 spiro atoms. The van der Waals surface area contributed by atoms with Gasteiger partial charge in [0.15, 0.2) is 17.1 Å². The van der Waals surface area contributed by atoms with Crippen LogP contribution in [0.2, 0.25) is 5.02 Å². The number of nitrogens with zero attached hydrogens (tertiary/aromatic N) is 3. The number of furan rings is 1. The van der Waals surface area contributed by atoms with Gasteiger partial charge in [0, 0.05) is 5.56 Å². The van der Waals surface area contributed by atoms with Crippen molar-refractivity contribution in [2.75, 3.05) is 0 Å². The molecule has 2 heterocycles. The molecule has 0 saturated heterocycles. The Morgan fingerprint density at radius 2 is 1.89 bits per heavy atom. The topological polar surface area (TPSA) is 78.5 Å². The van der Waals surface area contributed by atoms with Crippen molar-refractivity contribution in [3.8, 4) is 28.8 Å². The van der Waals surface area contributed by atoms with Gasteiger partial charge < -0.3 is 4.42 Å². The number of H-pyrrole nitrogens is 1. The van der Waals surface area contributed by atoms with E-state index in [1.165, 1.54) is 0 Å². The zero-order valence-electron chi connectivity index (χ0n) is 9.59. The number of halogens is 1. The molecule has 3 rings (SSSR count). The number of aromatic nitrogens is 3. The minimum atomic E-state index is 0.194. The van der Waals surface area contributed by atoms with Gasteiger partial charge in [-0.3, -0.25) is 0 Å². The molecule has 0 atom stereocenters. The summed E-state index contributed by atoms with van der Waals surface area (Å²) in [4.78, 5) is 0. The number of benzene rings is 1. The molecule has 0 unspecified atom stereocenters. The maximum atomic E-state index is 8.90. The van der Waals surface area contributed by atoms with Crippen molar-refractivity contribution in [2.24, 2.45) is 0 Å². The third-order valence-electron chi connectivity index (χ3n) is 2.63. The maximum absolute atomic E-state index is 8.90. The van der Waals surface area contributed by atoms with Crippen LogP contribution in [0, 0.1) is 11.3 Å². The van der Waals surface area contributed by atoms with E-state index in [0.29, 0.717) is 22.2 Å². The van der Waals surface area contributed by atoms with Crippen molar-refractivity contribution in [3.63, 3.8) is 0 Å². The number of nitriles is 1. The lowest BCUT2D eigenvalue weighted by Gasteiger charge is -1.99. The van der Waals surface area contributed by atoms with Gasteiger partial charge in [-0.2, -0.15) is 15.6 Å². The van der Waals surface area contributed by atoms with Crippen molar-refractivity contribution in [2.45, 2.75) is 0 Å². The average Bonchev–Trinajstić information content (AvgIpc) is 3.07. The Morgan fingerprint density at radius 3 is 2.68 bits per heavy atom. The van der Waals surface area contributed by atoms with Crippen LogP contribution in [-0.4, -0.2) is 15.4 Å². The van der Waals surface area contributed by atoms with E-state index < -0.39 is 0 Å². The van der Waals surface area contributed by atoms with E-state index in [4.69, 9.17) is 21.3 Å². The van der Waals surface area contributed by atoms with Gasteiger partial charge in [-0.25, -0.2) is 0 Å². The fourth-order valence-electron chi connectivity index (χ4n) is 1.75. The number of hydrogen-bond donors (Lipinski definition) is 1. The minimum Gasteiger partial charge on any atom is -0.454 e. The van der Waals surface area contributed by atoms with E-state index in [1.54, 1.807) is 18.2 Å². The highest BCUT2D eigenvalue weighted by Gasteiger charge is 2.15. The first-order valence-corrected chi connectivity index (χ1v) is 5.83. The molecule has 0 saturated carbocycles. The molecule has 0 radical (unpaired) electrons. The Kier molecular flexibility index (Phi) is 2.78. The minimum absolute atomic E-state index is 0.194. The second-order valence-electron chi connectivity index (χ2n) is 3.78. The number of hydrogen-bond acceptors (Lipinski definition) is 4. The number of aromatic amines is 1. The third-order valence-corrected chi connectivity index (χ3v) is 2.96. The fraction of sp³-hybridized carbons (Fsp3) is 0. The standard InChI is InChI=1S/C13H7ClN4O/c14-9-4-2-1-3-8(9)11-5-6-12(19-11)13-10(7-15)16-18-17-13/h1-6H,(H,16,17,18). The summed E-state index contributed by atoms with van der Waals surface area (Å²) in [6.07, 6.45) is 0. The van der Waals surface area contributed by atoms with E-state index in [9.17, 15) is 0 Å². The Labute approximate surface area is 113 Å². The smallest absolute Gasteiger partial charge is 0.193 e. The summed E-state index contributed by atoms with van der Waals surface area (Å²) in [5, 5.41) is 19.5. The van der Waals surface area contributed by atoms with Gasteiger partial charge in [0.05, 0.1) is 5.02 Å². The molecule has 0 amide bonds. The highest BCUT2D eigenvalue weighted by molar-refractivity contribution is 6.33. The molecule has 3 aromatic rings. The summed E-state index contributed by atoms with van der Waals surface area (Å²) < 4.78 is 5.68.